The maximum Gasteiger partial charge on any atom is 1.00 e. The molecule has 104 valence electrons. The number of aliphatic hydroxyl groups is 1. The minimum Gasteiger partial charge on any atom is -0.481 e. The first-order valence-corrected chi connectivity index (χ1v) is 3.86. The Labute approximate surface area is 100 Å². The highest BCUT2D eigenvalue weighted by atomic mass is 16.5. The number of aliphatic carboxylic acids is 1. The van der Waals surface area contributed by atoms with Gasteiger partial charge in [-0.3, -0.25) is 9.59 Å². The second kappa shape index (κ2) is 37.1. The van der Waals surface area contributed by atoms with Crippen molar-refractivity contribution in [2.75, 3.05) is 13.2 Å². The van der Waals surface area contributed by atoms with Crippen LogP contribution in [0.4, 0.5) is 0 Å². The van der Waals surface area contributed by atoms with E-state index >= 15 is 0 Å². The lowest BCUT2D eigenvalue weighted by Gasteiger charge is -1.89. The zero-order chi connectivity index (χ0) is 11.3. The molecule has 0 aromatic carbocycles. The number of carboxylic acids is 1. The molecule has 0 aliphatic rings. The van der Waals surface area contributed by atoms with Crippen molar-refractivity contribution < 1.29 is 31.4 Å². The fourth-order valence-electron chi connectivity index (χ4n) is 0.203. The molecule has 0 aromatic rings. The molecule has 0 atom stereocenters. The van der Waals surface area contributed by atoms with E-state index in [-0.39, 0.29) is 34.3 Å². The predicted octanol–water partition coefficient (Wildman–Crippen LogP) is 1.22. The van der Waals surface area contributed by atoms with Crippen molar-refractivity contribution in [1.29, 1.82) is 0 Å². The number of carbonyl (C=O) groups excluding carboxylic acids is 1. The van der Waals surface area contributed by atoms with Gasteiger partial charge in [0, 0.05) is 20.5 Å². The maximum absolute atomic E-state index is 9.82. The Morgan fingerprint density at radius 2 is 1.38 bits per heavy atom. The Balaban J connectivity index is -0.0000000166. The van der Waals surface area contributed by atoms with Crippen LogP contribution in [0.15, 0.2) is 0 Å². The van der Waals surface area contributed by atoms with E-state index in [2.05, 4.69) is 4.74 Å². The van der Waals surface area contributed by atoms with Crippen LogP contribution in [-0.4, -0.2) is 40.8 Å². The monoisotopic (exact) mass is 245 g/mol. The minimum atomic E-state index is -0.833. The van der Waals surface area contributed by atoms with Crippen LogP contribution in [0.5, 0.6) is 0 Å². The van der Waals surface area contributed by atoms with Crippen LogP contribution in [0.1, 0.15) is 44.0 Å². The van der Waals surface area contributed by atoms with E-state index in [0.29, 0.717) is 6.61 Å². The van der Waals surface area contributed by atoms with Gasteiger partial charge >= 0.3 is 7.40 Å². The third-order valence-corrected chi connectivity index (χ3v) is 0.348. The normalized spacial score (nSPS) is 5.56. The van der Waals surface area contributed by atoms with E-state index in [9.17, 15) is 4.79 Å². The number of aliphatic hydroxyl groups excluding tert-OH is 1. The lowest BCUT2D eigenvalue weighted by molar-refractivity contribution is -0.140. The third-order valence-electron chi connectivity index (χ3n) is 0.348. The molecule has 0 bridgehead atoms. The molecule has 0 spiro atoms. The molecule has 0 rings (SSSR count). The lowest BCUT2D eigenvalue weighted by atomic mass is 10.8. The molecule has 0 aliphatic carbocycles. The SMILES string of the molecule is C.C.CC(=O)O.CCO.CCOC(C)=O.O.[H+]. The molecular weight excluding hydrogens is 216 g/mol. The molecule has 0 saturated carbocycles. The molecule has 0 saturated heterocycles. The molecule has 0 heterocycles. The summed E-state index contributed by atoms with van der Waals surface area (Å²) in [5.41, 5.74) is 0. The Morgan fingerprint density at radius 1 is 1.19 bits per heavy atom. The summed E-state index contributed by atoms with van der Waals surface area (Å²) >= 11 is 0. The Morgan fingerprint density at radius 3 is 1.38 bits per heavy atom. The van der Waals surface area contributed by atoms with Crippen molar-refractivity contribution in [2.24, 2.45) is 0 Å². The molecule has 0 aromatic heterocycles. The zero-order valence-electron chi connectivity index (χ0n) is 10.0. The van der Waals surface area contributed by atoms with Crippen LogP contribution in [0.25, 0.3) is 0 Å². The molecule has 16 heavy (non-hydrogen) atoms. The summed E-state index contributed by atoms with van der Waals surface area (Å²) in [6, 6.07) is 0. The quantitative estimate of drug-likeness (QED) is 0.674. The molecule has 0 aliphatic heterocycles. The second-order valence-corrected chi connectivity index (χ2v) is 1.76. The Kier molecular flexibility index (Phi) is 84.3. The number of ether oxygens (including phenoxy) is 1. The topological polar surface area (TPSA) is 115 Å². The molecule has 0 unspecified atom stereocenters. The highest BCUT2D eigenvalue weighted by molar-refractivity contribution is 5.65. The van der Waals surface area contributed by atoms with E-state index in [1.165, 1.54) is 6.92 Å². The molecule has 6 heteroatoms. The van der Waals surface area contributed by atoms with Crippen molar-refractivity contribution in [3.63, 3.8) is 0 Å². The fraction of sp³-hybridized carbons (Fsp3) is 0.800. The number of hydrogen-bond donors (Lipinski definition) is 2. The number of hydrogen-bond acceptors (Lipinski definition) is 4. The molecule has 4 N–H and O–H groups in total. The van der Waals surface area contributed by atoms with Gasteiger partial charge in [-0.2, -0.15) is 0 Å². The van der Waals surface area contributed by atoms with Gasteiger partial charge in [0.25, 0.3) is 5.97 Å². The largest absolute Gasteiger partial charge is 1.00 e. The average Bonchev–Trinajstić information content (AvgIpc) is 1.86. The summed E-state index contributed by atoms with van der Waals surface area (Å²) in [5.74, 6) is -1.04. The zero-order valence-corrected chi connectivity index (χ0v) is 9.03. The van der Waals surface area contributed by atoms with Gasteiger partial charge in [-0.1, -0.05) is 14.9 Å². The van der Waals surface area contributed by atoms with E-state index in [4.69, 9.17) is 15.0 Å². The van der Waals surface area contributed by atoms with E-state index < -0.39 is 5.97 Å². The van der Waals surface area contributed by atoms with Gasteiger partial charge < -0.3 is 20.4 Å². The summed E-state index contributed by atoms with van der Waals surface area (Å²) in [7, 11) is 0. The third kappa shape index (κ3) is 523. The van der Waals surface area contributed by atoms with Crippen LogP contribution in [0, 0.1) is 0 Å². The van der Waals surface area contributed by atoms with E-state index in [1.807, 2.05) is 0 Å². The lowest BCUT2D eigenvalue weighted by Crippen LogP contribution is -1.95. The van der Waals surface area contributed by atoms with E-state index in [0.717, 1.165) is 6.92 Å². The summed E-state index contributed by atoms with van der Waals surface area (Å²) in [6.07, 6.45) is 0. The molecule has 0 amide bonds. The average molecular weight is 245 g/mol. The van der Waals surface area contributed by atoms with Gasteiger partial charge in [0.2, 0.25) is 0 Å². The highest BCUT2D eigenvalue weighted by Gasteiger charge is 1.81. The predicted molar refractivity (Wildman–Crippen MR) is 66.6 cm³/mol. The summed E-state index contributed by atoms with van der Waals surface area (Å²) in [4.78, 5) is 18.8. The van der Waals surface area contributed by atoms with Crippen LogP contribution >= 0.6 is 0 Å². The Hall–Kier alpha value is -1.14. The summed E-state index contributed by atoms with van der Waals surface area (Å²) < 4.78 is 4.40. The van der Waals surface area contributed by atoms with Crippen LogP contribution in [-0.2, 0) is 14.3 Å². The minimum absolute atomic E-state index is 0. The van der Waals surface area contributed by atoms with E-state index in [1.54, 1.807) is 13.8 Å². The van der Waals surface area contributed by atoms with Gasteiger partial charge in [-0.25, -0.2) is 0 Å². The van der Waals surface area contributed by atoms with Crippen LogP contribution in [0.2, 0.25) is 0 Å². The number of esters is 1. The van der Waals surface area contributed by atoms with Crippen LogP contribution < -0.4 is 0 Å². The molecular formula is C10H29O6+. The van der Waals surface area contributed by atoms with Gasteiger partial charge in [0.15, 0.2) is 0 Å². The fourth-order valence-corrected chi connectivity index (χ4v) is 0.203. The van der Waals surface area contributed by atoms with Crippen molar-refractivity contribution >= 4 is 11.9 Å². The van der Waals surface area contributed by atoms with Crippen molar-refractivity contribution in [1.82, 2.24) is 0 Å². The molecule has 0 fully saturated rings. The first kappa shape index (κ1) is 36.4. The molecule has 6 nitrogen and oxygen atoms in total. The number of rotatable bonds is 1. The number of carboxylic acid groups (broad SMARTS) is 1. The van der Waals surface area contributed by atoms with Crippen LogP contribution in [0.3, 0.4) is 0 Å². The smallest absolute Gasteiger partial charge is 0.481 e. The van der Waals surface area contributed by atoms with Crippen molar-refractivity contribution in [3.8, 4) is 0 Å². The van der Waals surface area contributed by atoms with Gasteiger partial charge in [-0.15, -0.1) is 0 Å². The van der Waals surface area contributed by atoms with Gasteiger partial charge in [0.05, 0.1) is 6.61 Å². The van der Waals surface area contributed by atoms with Gasteiger partial charge in [-0.05, 0) is 13.8 Å². The number of carbonyl (C=O) groups is 2. The second-order valence-electron chi connectivity index (χ2n) is 1.76. The molecule has 0 radical (unpaired) electrons. The highest BCUT2D eigenvalue weighted by Crippen LogP contribution is 1.69. The summed E-state index contributed by atoms with van der Waals surface area (Å²) in [5, 5.41) is 15.0. The Bertz CT molecular complexity index is 126. The van der Waals surface area contributed by atoms with Crippen molar-refractivity contribution in [3.05, 3.63) is 0 Å². The first-order valence-electron chi connectivity index (χ1n) is 3.86. The van der Waals surface area contributed by atoms with Gasteiger partial charge in [0.1, 0.15) is 0 Å². The first-order chi connectivity index (χ1) is 5.92. The standard InChI is InChI=1S/C4H8O2.C2H4O2.C2H6O.2CH4.H2O/c1-3-6-4(2)5;1-2(3)4;1-2-3;;;/h3H2,1-2H3;1H3,(H,3,4);3H,2H2,1H3;2*1H4;1H2/p+1. The summed E-state index contributed by atoms with van der Waals surface area (Å²) in [6.45, 7) is 6.67. The maximum atomic E-state index is 9.82. The van der Waals surface area contributed by atoms with Crippen molar-refractivity contribution in [2.45, 2.75) is 42.5 Å².